The third kappa shape index (κ3) is 3.64. The van der Waals surface area contributed by atoms with Gasteiger partial charge < -0.3 is 14.6 Å². The first-order chi connectivity index (χ1) is 8.45. The molecule has 0 aromatic heterocycles. The van der Waals surface area contributed by atoms with Crippen molar-refractivity contribution >= 4 is 28.5 Å². The summed E-state index contributed by atoms with van der Waals surface area (Å²) in [6.07, 6.45) is 0. The molecule has 0 fully saturated rings. The third-order valence-electron chi connectivity index (χ3n) is 2.22. The minimum Gasteiger partial charge on any atom is -0.465 e. The SMILES string of the molecule is COC(=O)c1cc(C(C)=O)ccc1NCS(=O)O. The van der Waals surface area contributed by atoms with Crippen LogP contribution in [0.5, 0.6) is 0 Å². The van der Waals surface area contributed by atoms with E-state index < -0.39 is 17.0 Å². The predicted molar refractivity (Wildman–Crippen MR) is 67.0 cm³/mol. The molecule has 0 saturated carbocycles. The normalized spacial score (nSPS) is 11.7. The van der Waals surface area contributed by atoms with E-state index in [2.05, 4.69) is 10.1 Å². The van der Waals surface area contributed by atoms with Gasteiger partial charge in [0.05, 0.1) is 12.7 Å². The highest BCUT2D eigenvalue weighted by molar-refractivity contribution is 7.79. The lowest BCUT2D eigenvalue weighted by molar-refractivity contribution is 0.0602. The van der Waals surface area contributed by atoms with E-state index in [9.17, 15) is 13.8 Å². The van der Waals surface area contributed by atoms with Gasteiger partial charge in [-0.3, -0.25) is 4.79 Å². The predicted octanol–water partition coefficient (Wildman–Crippen LogP) is 1.27. The lowest BCUT2D eigenvalue weighted by atomic mass is 10.1. The van der Waals surface area contributed by atoms with E-state index in [1.807, 2.05) is 0 Å². The summed E-state index contributed by atoms with van der Waals surface area (Å²) >= 11 is -2.03. The van der Waals surface area contributed by atoms with Crippen molar-refractivity contribution in [3.8, 4) is 0 Å². The molecule has 0 aliphatic carbocycles. The Morgan fingerprint density at radius 2 is 2.11 bits per heavy atom. The number of methoxy groups -OCH3 is 1. The number of anilines is 1. The standard InChI is InChI=1S/C11H13NO5S/c1-7(13)8-3-4-10(12-6-18(15)16)9(5-8)11(14)17-2/h3-5,12H,6H2,1-2H3,(H,15,16). The summed E-state index contributed by atoms with van der Waals surface area (Å²) < 4.78 is 23.8. The number of nitrogens with one attached hydrogen (secondary N) is 1. The van der Waals surface area contributed by atoms with Gasteiger partial charge in [0.1, 0.15) is 5.88 Å². The fraction of sp³-hybridized carbons (Fsp3) is 0.273. The number of carbonyl (C=O) groups excluding carboxylic acids is 2. The van der Waals surface area contributed by atoms with Gasteiger partial charge >= 0.3 is 5.97 Å². The van der Waals surface area contributed by atoms with Crippen molar-refractivity contribution < 1.29 is 23.1 Å². The number of carbonyl (C=O) groups is 2. The van der Waals surface area contributed by atoms with Crippen molar-refractivity contribution in [3.05, 3.63) is 29.3 Å². The molecule has 1 rings (SSSR count). The van der Waals surface area contributed by atoms with E-state index in [-0.39, 0.29) is 17.2 Å². The van der Waals surface area contributed by atoms with E-state index in [1.165, 1.54) is 32.2 Å². The average Bonchev–Trinajstić information content (AvgIpc) is 2.34. The molecule has 1 unspecified atom stereocenters. The summed E-state index contributed by atoms with van der Waals surface area (Å²) in [4.78, 5) is 22.8. The molecular weight excluding hydrogens is 258 g/mol. The molecule has 1 aromatic carbocycles. The van der Waals surface area contributed by atoms with Crippen LogP contribution in [-0.2, 0) is 15.8 Å². The van der Waals surface area contributed by atoms with Gasteiger partial charge in [-0.15, -0.1) is 0 Å². The Balaban J connectivity index is 3.12. The second-order valence-electron chi connectivity index (χ2n) is 3.45. The van der Waals surface area contributed by atoms with Crippen LogP contribution < -0.4 is 5.32 Å². The number of ketones is 1. The highest BCUT2D eigenvalue weighted by Crippen LogP contribution is 2.19. The van der Waals surface area contributed by atoms with Crippen molar-refractivity contribution in [2.75, 3.05) is 18.3 Å². The summed E-state index contributed by atoms with van der Waals surface area (Å²) in [5.74, 6) is -1.02. The maximum atomic E-state index is 11.5. The van der Waals surface area contributed by atoms with Gasteiger partial charge in [-0.25, -0.2) is 9.00 Å². The molecule has 1 aromatic rings. The van der Waals surface area contributed by atoms with Crippen LogP contribution in [0.2, 0.25) is 0 Å². The first-order valence-corrected chi connectivity index (χ1v) is 6.28. The Bertz CT molecular complexity index is 500. The first kappa shape index (κ1) is 14.3. The number of ether oxygens (including phenoxy) is 1. The lowest BCUT2D eigenvalue weighted by Crippen LogP contribution is -2.13. The number of hydrogen-bond acceptors (Lipinski definition) is 5. The zero-order valence-corrected chi connectivity index (χ0v) is 10.7. The van der Waals surface area contributed by atoms with Crippen LogP contribution in [0.3, 0.4) is 0 Å². The fourth-order valence-electron chi connectivity index (χ4n) is 1.34. The molecule has 2 N–H and O–H groups in total. The third-order valence-corrected chi connectivity index (χ3v) is 2.61. The van der Waals surface area contributed by atoms with Gasteiger partial charge in [0.15, 0.2) is 16.9 Å². The molecular formula is C11H13NO5S. The van der Waals surface area contributed by atoms with Crippen LogP contribution in [0, 0.1) is 0 Å². The molecule has 0 heterocycles. The number of Topliss-reactive ketones (excluding diaryl/α,β-unsaturated/α-hetero) is 1. The van der Waals surface area contributed by atoms with Gasteiger partial charge in [-0.05, 0) is 25.1 Å². The maximum absolute atomic E-state index is 11.5. The highest BCUT2D eigenvalue weighted by Gasteiger charge is 2.14. The molecule has 6 nitrogen and oxygen atoms in total. The zero-order chi connectivity index (χ0) is 13.7. The Morgan fingerprint density at radius 1 is 1.44 bits per heavy atom. The summed E-state index contributed by atoms with van der Waals surface area (Å²) in [6.45, 7) is 1.38. The molecule has 7 heteroatoms. The van der Waals surface area contributed by atoms with E-state index in [0.717, 1.165) is 0 Å². The zero-order valence-electron chi connectivity index (χ0n) is 9.93. The second-order valence-corrected chi connectivity index (χ2v) is 4.38. The van der Waals surface area contributed by atoms with Crippen LogP contribution in [0.15, 0.2) is 18.2 Å². The Labute approximate surface area is 107 Å². The van der Waals surface area contributed by atoms with Gasteiger partial charge in [0, 0.05) is 11.3 Å². The molecule has 0 amide bonds. The monoisotopic (exact) mass is 271 g/mol. The lowest BCUT2D eigenvalue weighted by Gasteiger charge is -2.10. The molecule has 1 atom stereocenters. The minimum absolute atomic E-state index is 0.149. The van der Waals surface area contributed by atoms with Crippen molar-refractivity contribution in [1.82, 2.24) is 0 Å². The quantitative estimate of drug-likeness (QED) is 0.476. The van der Waals surface area contributed by atoms with Crippen LogP contribution in [0.4, 0.5) is 5.69 Å². The summed E-state index contributed by atoms with van der Waals surface area (Å²) in [5.41, 5.74) is 0.857. The Morgan fingerprint density at radius 3 is 2.61 bits per heavy atom. The largest absolute Gasteiger partial charge is 0.465 e. The van der Waals surface area contributed by atoms with Crippen molar-refractivity contribution in [3.63, 3.8) is 0 Å². The molecule has 18 heavy (non-hydrogen) atoms. The number of rotatable bonds is 5. The van der Waals surface area contributed by atoms with E-state index in [0.29, 0.717) is 11.3 Å². The van der Waals surface area contributed by atoms with Gasteiger partial charge in [-0.2, -0.15) is 0 Å². The van der Waals surface area contributed by atoms with E-state index >= 15 is 0 Å². The molecule has 0 spiro atoms. The van der Waals surface area contributed by atoms with E-state index in [1.54, 1.807) is 0 Å². The van der Waals surface area contributed by atoms with Crippen LogP contribution in [0.1, 0.15) is 27.6 Å². The average molecular weight is 271 g/mol. The minimum atomic E-state index is -2.03. The summed E-state index contributed by atoms with van der Waals surface area (Å²) in [6, 6.07) is 4.41. The smallest absolute Gasteiger partial charge is 0.339 e. The molecule has 0 aliphatic rings. The summed E-state index contributed by atoms with van der Waals surface area (Å²) in [7, 11) is 1.22. The van der Waals surface area contributed by atoms with Crippen LogP contribution in [-0.4, -0.2) is 33.5 Å². The van der Waals surface area contributed by atoms with Crippen LogP contribution >= 0.6 is 0 Å². The Hall–Kier alpha value is -1.73. The number of hydrogen-bond donors (Lipinski definition) is 2. The maximum Gasteiger partial charge on any atom is 0.339 e. The Kier molecular flexibility index (Phi) is 4.99. The van der Waals surface area contributed by atoms with Crippen LogP contribution in [0.25, 0.3) is 0 Å². The summed E-state index contributed by atoms with van der Waals surface area (Å²) in [5, 5.41) is 2.63. The van der Waals surface area contributed by atoms with Crippen molar-refractivity contribution in [2.45, 2.75) is 6.92 Å². The van der Waals surface area contributed by atoms with Crippen molar-refractivity contribution in [2.24, 2.45) is 0 Å². The molecule has 0 bridgehead atoms. The number of esters is 1. The molecule has 0 saturated heterocycles. The number of benzene rings is 1. The molecule has 0 aliphatic heterocycles. The van der Waals surface area contributed by atoms with Gasteiger partial charge in [0.2, 0.25) is 0 Å². The topological polar surface area (TPSA) is 92.7 Å². The van der Waals surface area contributed by atoms with Gasteiger partial charge in [0.25, 0.3) is 0 Å². The molecule has 98 valence electrons. The van der Waals surface area contributed by atoms with Gasteiger partial charge in [-0.1, -0.05) is 0 Å². The highest BCUT2D eigenvalue weighted by atomic mass is 32.2. The fourth-order valence-corrected chi connectivity index (χ4v) is 1.61. The first-order valence-electron chi connectivity index (χ1n) is 5.00. The van der Waals surface area contributed by atoms with E-state index in [4.69, 9.17) is 4.55 Å². The molecule has 0 radical (unpaired) electrons. The van der Waals surface area contributed by atoms with Crippen molar-refractivity contribution in [1.29, 1.82) is 0 Å². The second kappa shape index (κ2) is 6.27.